The van der Waals surface area contributed by atoms with Crippen molar-refractivity contribution in [2.24, 2.45) is 17.6 Å². The predicted molar refractivity (Wildman–Crippen MR) is 126 cm³/mol. The molecule has 1 aromatic heterocycles. The van der Waals surface area contributed by atoms with Gasteiger partial charge in [-0.05, 0) is 18.3 Å². The van der Waals surface area contributed by atoms with Crippen LogP contribution in [0.25, 0.3) is 0 Å². The lowest BCUT2D eigenvalue weighted by atomic mass is 9.99. The molecule has 12 heteroatoms. The Bertz CT molecular complexity index is 788. The highest BCUT2D eigenvalue weighted by molar-refractivity contribution is 7.80. The number of nitrogens with zero attached hydrogens (tertiary/aromatic N) is 1. The molecule has 11 nitrogen and oxygen atoms in total. The van der Waals surface area contributed by atoms with Crippen molar-refractivity contribution in [2.75, 3.05) is 5.75 Å². The first-order chi connectivity index (χ1) is 15.5. The number of H-pyrrole nitrogens is 1. The van der Waals surface area contributed by atoms with Crippen LogP contribution >= 0.6 is 12.6 Å². The fraction of sp³-hybridized carbons (Fsp3) is 0.667. The number of nitrogens with one attached hydrogen (secondary N) is 4. The van der Waals surface area contributed by atoms with Crippen molar-refractivity contribution in [3.05, 3.63) is 18.2 Å². The first-order valence-corrected chi connectivity index (χ1v) is 11.6. The van der Waals surface area contributed by atoms with Gasteiger partial charge in [-0.25, -0.2) is 9.78 Å². The third-order valence-corrected chi connectivity index (χ3v) is 5.67. The van der Waals surface area contributed by atoms with E-state index >= 15 is 0 Å². The van der Waals surface area contributed by atoms with Gasteiger partial charge in [-0.3, -0.25) is 14.4 Å². The van der Waals surface area contributed by atoms with Gasteiger partial charge in [-0.15, -0.1) is 0 Å². The minimum Gasteiger partial charge on any atom is -0.480 e. The molecular formula is C21H36N6O5S. The summed E-state index contributed by atoms with van der Waals surface area (Å²) in [6.45, 7) is 7.49. The highest BCUT2D eigenvalue weighted by Crippen LogP contribution is 2.09. The molecule has 0 saturated carbocycles. The molecule has 7 N–H and O–H groups in total. The number of aromatic amines is 1. The van der Waals surface area contributed by atoms with Gasteiger partial charge < -0.3 is 31.8 Å². The summed E-state index contributed by atoms with van der Waals surface area (Å²) in [4.78, 5) is 56.4. The Morgan fingerprint density at radius 1 is 1.06 bits per heavy atom. The van der Waals surface area contributed by atoms with Crippen LogP contribution in [0, 0.1) is 11.8 Å². The van der Waals surface area contributed by atoms with Gasteiger partial charge in [0.1, 0.15) is 18.1 Å². The van der Waals surface area contributed by atoms with Crippen molar-refractivity contribution in [1.29, 1.82) is 0 Å². The third kappa shape index (κ3) is 9.42. The number of carbonyl (C=O) groups is 4. The minimum absolute atomic E-state index is 0.00160. The maximum Gasteiger partial charge on any atom is 0.326 e. The summed E-state index contributed by atoms with van der Waals surface area (Å²) < 4.78 is 0. The summed E-state index contributed by atoms with van der Waals surface area (Å²) >= 11 is 4.14. The van der Waals surface area contributed by atoms with Crippen LogP contribution in [-0.2, 0) is 25.6 Å². The second kappa shape index (κ2) is 13.8. The second-order valence-corrected chi connectivity index (χ2v) is 8.89. The number of thiol groups is 1. The maximum atomic E-state index is 12.9. The number of nitrogens with two attached hydrogens (primary N) is 1. The number of rotatable bonds is 14. The van der Waals surface area contributed by atoms with E-state index in [1.807, 2.05) is 27.7 Å². The van der Waals surface area contributed by atoms with Crippen molar-refractivity contribution in [3.8, 4) is 0 Å². The monoisotopic (exact) mass is 484 g/mol. The van der Waals surface area contributed by atoms with Crippen LogP contribution in [0.4, 0.5) is 0 Å². The zero-order valence-corrected chi connectivity index (χ0v) is 20.4. The first-order valence-electron chi connectivity index (χ1n) is 11.0. The SMILES string of the molecule is CCC(C)C(N)C(=O)NC(CS)C(=O)NC(CC(C)C)C(=O)NC(Cc1cnc[nH]1)C(=O)O. The van der Waals surface area contributed by atoms with E-state index < -0.39 is 47.9 Å². The van der Waals surface area contributed by atoms with Gasteiger partial charge in [0.15, 0.2) is 0 Å². The molecule has 186 valence electrons. The molecule has 0 bridgehead atoms. The lowest BCUT2D eigenvalue weighted by Crippen LogP contribution is -2.58. The van der Waals surface area contributed by atoms with Crippen LogP contribution in [0.2, 0.25) is 0 Å². The smallest absolute Gasteiger partial charge is 0.326 e. The minimum atomic E-state index is -1.22. The molecule has 5 unspecified atom stereocenters. The molecule has 0 aliphatic rings. The molecule has 0 radical (unpaired) electrons. The van der Waals surface area contributed by atoms with Crippen LogP contribution in [0.15, 0.2) is 12.5 Å². The maximum absolute atomic E-state index is 12.9. The van der Waals surface area contributed by atoms with Gasteiger partial charge in [-0.2, -0.15) is 12.6 Å². The van der Waals surface area contributed by atoms with E-state index in [0.29, 0.717) is 12.1 Å². The van der Waals surface area contributed by atoms with Crippen LogP contribution in [-0.4, -0.2) is 68.7 Å². The molecule has 5 atom stereocenters. The summed E-state index contributed by atoms with van der Waals surface area (Å²) in [5.74, 6) is -2.98. The van der Waals surface area contributed by atoms with Crippen molar-refractivity contribution in [2.45, 2.75) is 71.1 Å². The van der Waals surface area contributed by atoms with Gasteiger partial charge in [-0.1, -0.05) is 34.1 Å². The van der Waals surface area contributed by atoms with Crippen LogP contribution in [0.5, 0.6) is 0 Å². The second-order valence-electron chi connectivity index (χ2n) is 8.53. The number of aliphatic carboxylic acids is 1. The number of carboxylic acid groups (broad SMARTS) is 1. The molecule has 1 rings (SSSR count). The number of carboxylic acids is 1. The Balaban J connectivity index is 2.88. The number of hydrogen-bond acceptors (Lipinski definition) is 7. The molecule has 0 spiro atoms. The summed E-state index contributed by atoms with van der Waals surface area (Å²) in [7, 11) is 0. The number of amides is 3. The average molecular weight is 485 g/mol. The van der Waals surface area contributed by atoms with E-state index in [-0.39, 0.29) is 30.4 Å². The van der Waals surface area contributed by atoms with Gasteiger partial charge in [0.05, 0.1) is 12.4 Å². The summed E-state index contributed by atoms with van der Waals surface area (Å²) in [6, 6.07) is -3.99. The molecule has 0 fully saturated rings. The molecule has 33 heavy (non-hydrogen) atoms. The quantitative estimate of drug-likeness (QED) is 0.179. The highest BCUT2D eigenvalue weighted by Gasteiger charge is 2.31. The first kappa shape index (κ1) is 28.4. The van der Waals surface area contributed by atoms with E-state index in [9.17, 15) is 24.3 Å². The van der Waals surface area contributed by atoms with Gasteiger partial charge in [0, 0.05) is 24.1 Å². The standard InChI is InChI=1S/C21H36N6O5S/c1-5-12(4)17(22)20(30)27-16(9-33)19(29)25-14(6-11(2)3)18(28)26-15(21(31)32)7-13-8-23-10-24-13/h8,10-12,14-17,33H,5-7,9,22H2,1-4H3,(H,23,24)(H,25,29)(H,26,28)(H,27,30)(H,31,32). The van der Waals surface area contributed by atoms with E-state index in [0.717, 1.165) is 0 Å². The van der Waals surface area contributed by atoms with Crippen molar-refractivity contribution < 1.29 is 24.3 Å². The summed E-state index contributed by atoms with van der Waals surface area (Å²) in [6.07, 6.45) is 3.86. The lowest BCUT2D eigenvalue weighted by molar-refractivity contribution is -0.142. The number of hydrogen-bond donors (Lipinski definition) is 7. The number of aromatic nitrogens is 2. The predicted octanol–water partition coefficient (Wildman–Crippen LogP) is -0.159. The Morgan fingerprint density at radius 2 is 1.64 bits per heavy atom. The van der Waals surface area contributed by atoms with E-state index in [1.165, 1.54) is 12.5 Å². The van der Waals surface area contributed by atoms with Crippen molar-refractivity contribution >= 4 is 36.3 Å². The zero-order valence-electron chi connectivity index (χ0n) is 19.5. The average Bonchev–Trinajstić information content (AvgIpc) is 3.27. The molecule has 0 aromatic carbocycles. The van der Waals surface area contributed by atoms with Crippen LogP contribution < -0.4 is 21.7 Å². The van der Waals surface area contributed by atoms with Crippen LogP contribution in [0.1, 0.15) is 46.2 Å². The molecule has 1 heterocycles. The largest absolute Gasteiger partial charge is 0.480 e. The van der Waals surface area contributed by atoms with Gasteiger partial charge >= 0.3 is 5.97 Å². The Labute approximate surface area is 199 Å². The van der Waals surface area contributed by atoms with Crippen molar-refractivity contribution in [1.82, 2.24) is 25.9 Å². The molecule has 3 amide bonds. The van der Waals surface area contributed by atoms with E-state index in [4.69, 9.17) is 5.73 Å². The Kier molecular flexibility index (Phi) is 11.9. The molecule has 0 saturated heterocycles. The van der Waals surface area contributed by atoms with Gasteiger partial charge in [0.25, 0.3) is 0 Å². The fourth-order valence-electron chi connectivity index (χ4n) is 3.04. The Hall–Kier alpha value is -2.60. The molecule has 1 aromatic rings. The normalized spacial score (nSPS) is 15.7. The van der Waals surface area contributed by atoms with Gasteiger partial charge in [0.2, 0.25) is 17.7 Å². The topological polar surface area (TPSA) is 179 Å². The van der Waals surface area contributed by atoms with Crippen LogP contribution in [0.3, 0.4) is 0 Å². The number of imidazole rings is 1. The van der Waals surface area contributed by atoms with E-state index in [1.54, 1.807) is 0 Å². The third-order valence-electron chi connectivity index (χ3n) is 5.31. The lowest BCUT2D eigenvalue weighted by Gasteiger charge is -2.26. The van der Waals surface area contributed by atoms with Crippen molar-refractivity contribution in [3.63, 3.8) is 0 Å². The summed E-state index contributed by atoms with van der Waals surface area (Å²) in [5.41, 5.74) is 6.48. The highest BCUT2D eigenvalue weighted by atomic mass is 32.1. The zero-order chi connectivity index (χ0) is 25.1. The number of carbonyl (C=O) groups excluding carboxylic acids is 3. The Morgan fingerprint density at radius 3 is 2.12 bits per heavy atom. The van der Waals surface area contributed by atoms with E-state index in [2.05, 4.69) is 38.5 Å². The summed E-state index contributed by atoms with van der Waals surface area (Å²) in [5, 5.41) is 17.2. The molecular weight excluding hydrogens is 448 g/mol. The molecule has 0 aliphatic heterocycles. The fourth-order valence-corrected chi connectivity index (χ4v) is 3.30. The molecule has 0 aliphatic carbocycles.